The zero-order valence-electron chi connectivity index (χ0n) is 11.9. The Balaban J connectivity index is 1.82. The van der Waals surface area contributed by atoms with E-state index in [0.717, 1.165) is 30.7 Å². The molecule has 0 bridgehead atoms. The molecule has 6 heteroatoms. The van der Waals surface area contributed by atoms with Gasteiger partial charge in [-0.3, -0.25) is 4.79 Å². The maximum absolute atomic E-state index is 11.8. The van der Waals surface area contributed by atoms with Gasteiger partial charge < -0.3 is 20.4 Å². The highest BCUT2D eigenvalue weighted by molar-refractivity contribution is 5.73. The summed E-state index contributed by atoms with van der Waals surface area (Å²) < 4.78 is 5.42. The maximum atomic E-state index is 11.8. The Hall–Kier alpha value is -1.82. The number of rotatable bonds is 4. The molecule has 2 heterocycles. The number of carbonyl (C=O) groups is 1. The van der Waals surface area contributed by atoms with E-state index in [0.29, 0.717) is 12.1 Å². The summed E-state index contributed by atoms with van der Waals surface area (Å²) in [4.78, 5) is 26.2. The number of hydrogen-bond donors (Lipinski definition) is 3. The third-order valence-corrected chi connectivity index (χ3v) is 3.43. The van der Waals surface area contributed by atoms with Crippen molar-refractivity contribution in [3.05, 3.63) is 33.2 Å². The molecule has 3 N–H and O–H groups in total. The molecule has 0 saturated carbocycles. The number of nitrogens with one attached hydrogen (secondary N) is 3. The van der Waals surface area contributed by atoms with E-state index in [1.54, 1.807) is 0 Å². The Bertz CT molecular complexity index is 533. The highest BCUT2D eigenvalue weighted by Gasteiger charge is 2.16. The summed E-state index contributed by atoms with van der Waals surface area (Å²) in [6.45, 7) is 5.20. The Kier molecular flexibility index (Phi) is 4.79. The second kappa shape index (κ2) is 6.56. The number of aryl methyl sites for hydroxylation is 2. The fraction of sp³-hybridized carbons (Fsp3) is 0.571. The predicted molar refractivity (Wildman–Crippen MR) is 75.7 cm³/mol. The molecule has 20 heavy (non-hydrogen) atoms. The van der Waals surface area contributed by atoms with Crippen LogP contribution in [-0.2, 0) is 11.3 Å². The standard InChI is InChI=1S/C14H21N3O3/c1-9-6-10(2)17-13(18)12(9)8-16-14(19)15-7-11-4-3-5-20-11/h6,11H,3-5,7-8H2,1-2H3,(H,17,18)(H2,15,16,19). The predicted octanol–water partition coefficient (Wildman–Crippen LogP) is 0.970. The fourth-order valence-electron chi connectivity index (χ4n) is 2.34. The molecule has 1 aromatic heterocycles. The van der Waals surface area contributed by atoms with Crippen LogP contribution in [0.15, 0.2) is 10.9 Å². The average Bonchev–Trinajstić information content (AvgIpc) is 2.88. The molecule has 1 unspecified atom stereocenters. The molecule has 1 saturated heterocycles. The monoisotopic (exact) mass is 279 g/mol. The zero-order valence-corrected chi connectivity index (χ0v) is 11.9. The summed E-state index contributed by atoms with van der Waals surface area (Å²) in [5.74, 6) is 0. The Labute approximate surface area is 117 Å². The van der Waals surface area contributed by atoms with Gasteiger partial charge in [-0.25, -0.2) is 4.79 Å². The van der Waals surface area contributed by atoms with Crippen LogP contribution in [0.5, 0.6) is 0 Å². The van der Waals surface area contributed by atoms with Gasteiger partial charge in [0.15, 0.2) is 0 Å². The van der Waals surface area contributed by atoms with Crippen LogP contribution in [0.25, 0.3) is 0 Å². The molecule has 0 aromatic carbocycles. The van der Waals surface area contributed by atoms with E-state index in [1.165, 1.54) is 0 Å². The summed E-state index contributed by atoms with van der Waals surface area (Å²) in [6, 6.07) is 1.61. The maximum Gasteiger partial charge on any atom is 0.315 e. The molecule has 0 aliphatic carbocycles. The van der Waals surface area contributed by atoms with E-state index in [4.69, 9.17) is 4.74 Å². The van der Waals surface area contributed by atoms with Gasteiger partial charge in [-0.2, -0.15) is 0 Å². The van der Waals surface area contributed by atoms with E-state index >= 15 is 0 Å². The topological polar surface area (TPSA) is 83.2 Å². The Morgan fingerprint density at radius 1 is 1.45 bits per heavy atom. The molecule has 6 nitrogen and oxygen atoms in total. The number of urea groups is 1. The van der Waals surface area contributed by atoms with Gasteiger partial charge in [-0.05, 0) is 38.3 Å². The number of carbonyl (C=O) groups excluding carboxylic acids is 1. The first-order valence-corrected chi connectivity index (χ1v) is 6.89. The lowest BCUT2D eigenvalue weighted by atomic mass is 10.1. The Morgan fingerprint density at radius 2 is 2.25 bits per heavy atom. The number of amides is 2. The van der Waals surface area contributed by atoms with Crippen molar-refractivity contribution >= 4 is 6.03 Å². The molecule has 2 amide bonds. The molecule has 1 atom stereocenters. The van der Waals surface area contributed by atoms with Crippen molar-refractivity contribution in [3.63, 3.8) is 0 Å². The van der Waals surface area contributed by atoms with Gasteiger partial charge in [0.1, 0.15) is 0 Å². The molecule has 1 aliphatic heterocycles. The van der Waals surface area contributed by atoms with E-state index in [9.17, 15) is 9.59 Å². The second-order valence-electron chi connectivity index (χ2n) is 5.14. The van der Waals surface area contributed by atoms with Gasteiger partial charge in [0.05, 0.1) is 12.6 Å². The van der Waals surface area contributed by atoms with Gasteiger partial charge in [0, 0.05) is 24.4 Å². The summed E-state index contributed by atoms with van der Waals surface area (Å²) in [5.41, 5.74) is 2.13. The largest absolute Gasteiger partial charge is 0.376 e. The van der Waals surface area contributed by atoms with Crippen LogP contribution in [0.1, 0.15) is 29.7 Å². The van der Waals surface area contributed by atoms with Crippen LogP contribution in [0.3, 0.4) is 0 Å². The van der Waals surface area contributed by atoms with Crippen molar-refractivity contribution in [1.82, 2.24) is 15.6 Å². The van der Waals surface area contributed by atoms with Crippen molar-refractivity contribution in [2.24, 2.45) is 0 Å². The van der Waals surface area contributed by atoms with Crippen LogP contribution in [-0.4, -0.2) is 30.3 Å². The first-order chi connectivity index (χ1) is 9.56. The van der Waals surface area contributed by atoms with Crippen LogP contribution in [0.2, 0.25) is 0 Å². The third kappa shape index (κ3) is 3.84. The molecule has 1 fully saturated rings. The minimum absolute atomic E-state index is 0.116. The summed E-state index contributed by atoms with van der Waals surface area (Å²) in [7, 11) is 0. The van der Waals surface area contributed by atoms with Crippen LogP contribution >= 0.6 is 0 Å². The summed E-state index contributed by atoms with van der Waals surface area (Å²) >= 11 is 0. The molecule has 2 rings (SSSR count). The lowest BCUT2D eigenvalue weighted by Crippen LogP contribution is -2.40. The first kappa shape index (κ1) is 14.6. The van der Waals surface area contributed by atoms with Crippen molar-refractivity contribution in [2.45, 2.75) is 39.3 Å². The Morgan fingerprint density at radius 3 is 2.90 bits per heavy atom. The number of aromatic amines is 1. The van der Waals surface area contributed by atoms with Crippen molar-refractivity contribution < 1.29 is 9.53 Å². The lowest BCUT2D eigenvalue weighted by molar-refractivity contribution is 0.111. The average molecular weight is 279 g/mol. The summed E-state index contributed by atoms with van der Waals surface area (Å²) in [5, 5.41) is 5.46. The number of ether oxygens (including phenoxy) is 1. The normalized spacial score (nSPS) is 18.0. The summed E-state index contributed by atoms with van der Waals surface area (Å²) in [6.07, 6.45) is 2.15. The SMILES string of the molecule is Cc1cc(C)c(CNC(=O)NCC2CCCO2)c(=O)[nH]1. The number of hydrogen-bond acceptors (Lipinski definition) is 3. The number of pyridine rings is 1. The number of aromatic nitrogens is 1. The highest BCUT2D eigenvalue weighted by Crippen LogP contribution is 2.10. The van der Waals surface area contributed by atoms with Crippen molar-refractivity contribution in [3.8, 4) is 0 Å². The van der Waals surface area contributed by atoms with Gasteiger partial charge in [0.25, 0.3) is 5.56 Å². The van der Waals surface area contributed by atoms with Crippen molar-refractivity contribution in [1.29, 1.82) is 0 Å². The van der Waals surface area contributed by atoms with Crippen LogP contribution in [0.4, 0.5) is 4.79 Å². The highest BCUT2D eigenvalue weighted by atomic mass is 16.5. The van der Waals surface area contributed by atoms with Crippen molar-refractivity contribution in [2.75, 3.05) is 13.2 Å². The lowest BCUT2D eigenvalue weighted by Gasteiger charge is -2.12. The molecule has 110 valence electrons. The second-order valence-corrected chi connectivity index (χ2v) is 5.14. The van der Waals surface area contributed by atoms with Crippen LogP contribution in [0, 0.1) is 13.8 Å². The third-order valence-electron chi connectivity index (χ3n) is 3.43. The van der Waals surface area contributed by atoms with Gasteiger partial charge in [-0.15, -0.1) is 0 Å². The molecule has 1 aromatic rings. The molecular formula is C14H21N3O3. The minimum atomic E-state index is -0.278. The van der Waals surface area contributed by atoms with E-state index in [1.807, 2.05) is 19.9 Å². The van der Waals surface area contributed by atoms with Gasteiger partial charge >= 0.3 is 6.03 Å². The fourth-order valence-corrected chi connectivity index (χ4v) is 2.34. The molecule has 1 aliphatic rings. The van der Waals surface area contributed by atoms with E-state index in [2.05, 4.69) is 15.6 Å². The zero-order chi connectivity index (χ0) is 14.5. The first-order valence-electron chi connectivity index (χ1n) is 6.89. The minimum Gasteiger partial charge on any atom is -0.376 e. The van der Waals surface area contributed by atoms with Gasteiger partial charge in [-0.1, -0.05) is 0 Å². The van der Waals surface area contributed by atoms with E-state index in [-0.39, 0.29) is 24.2 Å². The molecular weight excluding hydrogens is 258 g/mol. The molecule has 0 radical (unpaired) electrons. The quantitative estimate of drug-likeness (QED) is 0.768. The van der Waals surface area contributed by atoms with Crippen LogP contribution < -0.4 is 16.2 Å². The van der Waals surface area contributed by atoms with E-state index < -0.39 is 0 Å². The van der Waals surface area contributed by atoms with Gasteiger partial charge in [0.2, 0.25) is 0 Å². The molecule has 0 spiro atoms. The smallest absolute Gasteiger partial charge is 0.315 e. The number of H-pyrrole nitrogens is 1.